The molecule has 9 heteroatoms. The first-order valence-electron chi connectivity index (χ1n) is 10.4. The molecule has 3 heterocycles. The van der Waals surface area contributed by atoms with Crippen molar-refractivity contribution in [2.45, 2.75) is 6.10 Å². The lowest BCUT2D eigenvalue weighted by molar-refractivity contribution is 0.236. The van der Waals surface area contributed by atoms with Crippen LogP contribution in [0.3, 0.4) is 0 Å². The first-order valence-corrected chi connectivity index (χ1v) is 11.3. The number of benzene rings is 2. The summed E-state index contributed by atoms with van der Waals surface area (Å²) in [6.45, 7) is 0. The Morgan fingerprint density at radius 1 is 1.09 bits per heavy atom. The van der Waals surface area contributed by atoms with Gasteiger partial charge >= 0.3 is 0 Å². The van der Waals surface area contributed by atoms with Crippen molar-refractivity contribution in [3.63, 3.8) is 0 Å². The number of thiophene rings is 1. The van der Waals surface area contributed by atoms with Gasteiger partial charge in [-0.05, 0) is 35.2 Å². The molecule has 1 atom stereocenters. The summed E-state index contributed by atoms with van der Waals surface area (Å²) in [5, 5.41) is 18.1. The molecule has 2 N–H and O–H groups in total. The number of aromatic nitrogens is 1. The SMILES string of the molecule is CN1NNN=C1C(Oc1nc(-c2cccs2)cc(-c2ccc(F)cc2)c1C#N)c1ccccc1. The topological polar surface area (TPSA) is 85.6 Å². The number of halogens is 1. The van der Waals surface area contributed by atoms with E-state index in [-0.39, 0.29) is 17.3 Å². The minimum absolute atomic E-state index is 0.171. The number of nitriles is 1. The molecule has 2 aromatic carbocycles. The minimum Gasteiger partial charge on any atom is -0.460 e. The van der Waals surface area contributed by atoms with Gasteiger partial charge in [-0.15, -0.1) is 22.0 Å². The number of likely N-dealkylation sites (N-methyl/N-ethyl adjacent to an activating group) is 1. The summed E-state index contributed by atoms with van der Waals surface area (Å²) in [6.07, 6.45) is -0.645. The Balaban J connectivity index is 1.67. The molecule has 1 unspecified atom stereocenters. The molecule has 7 nitrogen and oxygen atoms in total. The van der Waals surface area contributed by atoms with Crippen LogP contribution < -0.4 is 15.8 Å². The Morgan fingerprint density at radius 2 is 1.88 bits per heavy atom. The minimum atomic E-state index is -0.645. The zero-order valence-corrected chi connectivity index (χ0v) is 18.9. The van der Waals surface area contributed by atoms with Gasteiger partial charge in [-0.2, -0.15) is 5.26 Å². The van der Waals surface area contributed by atoms with Crippen molar-refractivity contribution >= 4 is 17.2 Å². The van der Waals surface area contributed by atoms with Gasteiger partial charge in [-0.3, -0.25) is 5.01 Å². The number of amidine groups is 1. The van der Waals surface area contributed by atoms with Gasteiger partial charge in [0, 0.05) is 18.2 Å². The van der Waals surface area contributed by atoms with E-state index in [0.29, 0.717) is 22.7 Å². The lowest BCUT2D eigenvalue weighted by Crippen LogP contribution is -2.40. The molecule has 34 heavy (non-hydrogen) atoms. The summed E-state index contributed by atoms with van der Waals surface area (Å²) < 4.78 is 20.1. The standard InChI is InChI=1S/C25H19FN6OS/c1-32-24(29-30-31-32)23(17-6-3-2-4-7-17)33-25-20(15-27)19(16-9-11-18(26)12-10-16)14-21(28-25)22-8-5-13-34-22/h2-14,23,30-31H,1H3. The third-order valence-corrected chi connectivity index (χ3v) is 6.22. The van der Waals surface area contributed by atoms with Crippen LogP contribution in [0.4, 0.5) is 4.39 Å². The van der Waals surface area contributed by atoms with Crippen molar-refractivity contribution < 1.29 is 9.13 Å². The van der Waals surface area contributed by atoms with Crippen LogP contribution in [0.1, 0.15) is 17.2 Å². The third-order valence-electron chi connectivity index (χ3n) is 5.33. The zero-order chi connectivity index (χ0) is 23.5. The molecule has 168 valence electrons. The van der Waals surface area contributed by atoms with E-state index in [1.165, 1.54) is 23.5 Å². The maximum atomic E-state index is 13.6. The van der Waals surface area contributed by atoms with Crippen LogP contribution in [0.5, 0.6) is 5.88 Å². The van der Waals surface area contributed by atoms with Crippen LogP contribution in [0.25, 0.3) is 21.7 Å². The molecule has 1 aliphatic rings. The molecule has 0 aliphatic carbocycles. The second-order valence-corrected chi connectivity index (χ2v) is 8.44. The largest absolute Gasteiger partial charge is 0.460 e. The molecule has 1 aliphatic heterocycles. The van der Waals surface area contributed by atoms with Gasteiger partial charge in [0.2, 0.25) is 5.88 Å². The van der Waals surface area contributed by atoms with Crippen LogP contribution >= 0.6 is 11.3 Å². The molecule has 2 aromatic heterocycles. The van der Waals surface area contributed by atoms with Crippen molar-refractivity contribution in [2.75, 3.05) is 7.05 Å². The first-order chi connectivity index (χ1) is 16.6. The third kappa shape index (κ3) is 4.20. The Kier molecular flexibility index (Phi) is 5.91. The van der Waals surface area contributed by atoms with Gasteiger partial charge in [-0.25, -0.2) is 14.9 Å². The molecular weight excluding hydrogens is 451 g/mol. The average molecular weight is 471 g/mol. The number of hydrazine groups is 2. The molecule has 0 bridgehead atoms. The molecule has 0 saturated carbocycles. The van der Waals surface area contributed by atoms with Gasteiger partial charge < -0.3 is 4.74 Å². The van der Waals surface area contributed by atoms with E-state index >= 15 is 0 Å². The Hall–Kier alpha value is -4.26. The number of hydrogen-bond acceptors (Lipinski definition) is 8. The Labute approximate surface area is 199 Å². The van der Waals surface area contributed by atoms with E-state index in [0.717, 1.165) is 10.4 Å². The second kappa shape index (κ2) is 9.31. The van der Waals surface area contributed by atoms with E-state index in [2.05, 4.69) is 22.2 Å². The summed E-state index contributed by atoms with van der Waals surface area (Å²) in [6, 6.07) is 23.6. The molecule has 0 saturated heterocycles. The summed E-state index contributed by atoms with van der Waals surface area (Å²) in [7, 11) is 1.81. The van der Waals surface area contributed by atoms with Gasteiger partial charge in [-0.1, -0.05) is 48.5 Å². The van der Waals surface area contributed by atoms with E-state index in [1.54, 1.807) is 17.1 Å². The maximum Gasteiger partial charge on any atom is 0.234 e. The van der Waals surface area contributed by atoms with Crippen molar-refractivity contribution in [2.24, 2.45) is 5.10 Å². The van der Waals surface area contributed by atoms with Crippen LogP contribution in [-0.2, 0) is 0 Å². The van der Waals surface area contributed by atoms with Crippen molar-refractivity contribution in [1.82, 2.24) is 21.1 Å². The van der Waals surface area contributed by atoms with E-state index in [9.17, 15) is 9.65 Å². The number of nitrogens with zero attached hydrogens (tertiary/aromatic N) is 4. The quantitative estimate of drug-likeness (QED) is 0.418. The molecular formula is C25H19FN6OS. The van der Waals surface area contributed by atoms with E-state index in [4.69, 9.17) is 9.72 Å². The summed E-state index contributed by atoms with van der Waals surface area (Å²) in [4.78, 5) is 5.65. The summed E-state index contributed by atoms with van der Waals surface area (Å²) >= 11 is 1.53. The van der Waals surface area contributed by atoms with Gasteiger partial charge in [0.15, 0.2) is 11.9 Å². The highest BCUT2D eigenvalue weighted by molar-refractivity contribution is 7.13. The smallest absolute Gasteiger partial charge is 0.234 e. The highest BCUT2D eigenvalue weighted by atomic mass is 32.1. The van der Waals surface area contributed by atoms with Crippen molar-refractivity contribution in [3.8, 4) is 33.6 Å². The fraction of sp³-hybridized carbons (Fsp3) is 0.0800. The zero-order valence-electron chi connectivity index (χ0n) is 18.1. The second-order valence-electron chi connectivity index (χ2n) is 7.49. The fourth-order valence-electron chi connectivity index (χ4n) is 3.66. The number of rotatable bonds is 6. The number of hydrazone groups is 1. The number of hydrogen-bond donors (Lipinski definition) is 2. The Bertz CT molecular complexity index is 1370. The molecule has 0 radical (unpaired) electrons. The van der Waals surface area contributed by atoms with Gasteiger partial charge in [0.1, 0.15) is 17.4 Å². The predicted octanol–water partition coefficient (Wildman–Crippen LogP) is 4.88. The molecule has 5 rings (SSSR count). The predicted molar refractivity (Wildman–Crippen MR) is 129 cm³/mol. The highest BCUT2D eigenvalue weighted by Gasteiger charge is 2.29. The summed E-state index contributed by atoms with van der Waals surface area (Å²) in [5.74, 6) is 0.393. The first kappa shape index (κ1) is 21.6. The van der Waals surface area contributed by atoms with Crippen LogP contribution in [0.15, 0.2) is 83.3 Å². The van der Waals surface area contributed by atoms with Crippen molar-refractivity contribution in [3.05, 3.63) is 95.1 Å². The van der Waals surface area contributed by atoms with Crippen LogP contribution in [-0.4, -0.2) is 22.9 Å². The molecule has 0 fully saturated rings. The number of pyridine rings is 1. The molecule has 0 amide bonds. The number of nitrogens with one attached hydrogen (secondary N) is 2. The Morgan fingerprint density at radius 3 is 2.53 bits per heavy atom. The number of ether oxygens (including phenoxy) is 1. The molecule has 4 aromatic rings. The van der Waals surface area contributed by atoms with Crippen LogP contribution in [0.2, 0.25) is 0 Å². The normalized spacial score (nSPS) is 13.7. The maximum absolute atomic E-state index is 13.6. The lowest BCUT2D eigenvalue weighted by Gasteiger charge is -2.24. The average Bonchev–Trinajstić information content (AvgIpc) is 3.55. The van der Waals surface area contributed by atoms with E-state index < -0.39 is 6.10 Å². The lowest BCUT2D eigenvalue weighted by atomic mass is 10.00. The van der Waals surface area contributed by atoms with E-state index in [1.807, 2.05) is 61.0 Å². The van der Waals surface area contributed by atoms with Crippen molar-refractivity contribution in [1.29, 1.82) is 5.26 Å². The highest BCUT2D eigenvalue weighted by Crippen LogP contribution is 2.37. The fourth-order valence-corrected chi connectivity index (χ4v) is 4.34. The molecule has 0 spiro atoms. The van der Waals surface area contributed by atoms with Crippen LogP contribution in [0, 0.1) is 17.1 Å². The summed E-state index contributed by atoms with van der Waals surface area (Å²) in [5.41, 5.74) is 8.68. The van der Waals surface area contributed by atoms with Gasteiger partial charge in [0.25, 0.3) is 0 Å². The monoisotopic (exact) mass is 470 g/mol. The van der Waals surface area contributed by atoms with Gasteiger partial charge in [0.05, 0.1) is 10.6 Å².